The quantitative estimate of drug-likeness (QED) is 0.464. The first-order valence-electron chi connectivity index (χ1n) is 9.58. The van der Waals surface area contributed by atoms with E-state index >= 15 is 0 Å². The van der Waals surface area contributed by atoms with E-state index in [1.165, 1.54) is 4.90 Å². The molecule has 142 valence electrons. The van der Waals surface area contributed by atoms with Gasteiger partial charge >= 0.3 is 0 Å². The van der Waals surface area contributed by atoms with Crippen LogP contribution in [-0.2, 0) is 0 Å². The molecule has 3 heterocycles. The Kier molecular flexibility index (Phi) is 4.47. The predicted molar refractivity (Wildman–Crippen MR) is 117 cm³/mol. The van der Waals surface area contributed by atoms with Gasteiger partial charge in [-0.2, -0.15) is 0 Å². The highest BCUT2D eigenvalue weighted by Gasteiger charge is 2.17. The van der Waals surface area contributed by atoms with Crippen LogP contribution in [-0.4, -0.2) is 40.5 Å². The average Bonchev–Trinajstić information content (AvgIpc) is 3.08. The Morgan fingerprint density at radius 3 is 2.64 bits per heavy atom. The molecule has 0 unspecified atom stereocenters. The van der Waals surface area contributed by atoms with Crippen LogP contribution in [0.25, 0.3) is 33.1 Å². The first-order chi connectivity index (χ1) is 13.7. The van der Waals surface area contributed by atoms with Crippen LogP contribution < -0.4 is 10.9 Å². The SMILES string of the molecule is Cc1c(-c2cccc(SN3CCNCC3)c2)c2[nH]c3ccccc3c2[nH]c1=O. The minimum Gasteiger partial charge on any atom is -0.353 e. The van der Waals surface area contributed by atoms with E-state index in [1.54, 1.807) is 11.9 Å². The van der Waals surface area contributed by atoms with Crippen molar-refractivity contribution >= 4 is 33.9 Å². The predicted octanol–water partition coefficient (Wildman–Crippen LogP) is 3.90. The highest BCUT2D eigenvalue weighted by atomic mass is 32.2. The molecule has 0 atom stereocenters. The molecule has 5 rings (SSSR count). The van der Waals surface area contributed by atoms with Crippen LogP contribution in [0.3, 0.4) is 0 Å². The lowest BCUT2D eigenvalue weighted by Crippen LogP contribution is -2.39. The van der Waals surface area contributed by atoms with Gasteiger partial charge in [0.2, 0.25) is 0 Å². The smallest absolute Gasteiger partial charge is 0.252 e. The van der Waals surface area contributed by atoms with Crippen LogP contribution in [0.2, 0.25) is 0 Å². The zero-order chi connectivity index (χ0) is 19.1. The Labute approximate surface area is 167 Å². The molecule has 28 heavy (non-hydrogen) atoms. The zero-order valence-corrected chi connectivity index (χ0v) is 16.5. The number of piperazine rings is 1. The number of fused-ring (bicyclic) bond motifs is 3. The Morgan fingerprint density at radius 1 is 0.964 bits per heavy atom. The van der Waals surface area contributed by atoms with Gasteiger partial charge in [-0.1, -0.05) is 30.3 Å². The van der Waals surface area contributed by atoms with E-state index in [2.05, 4.69) is 43.9 Å². The molecule has 0 saturated carbocycles. The molecule has 4 aromatic rings. The number of benzene rings is 2. The Bertz CT molecular complexity index is 1220. The van der Waals surface area contributed by atoms with E-state index in [-0.39, 0.29) is 5.56 Å². The van der Waals surface area contributed by atoms with Gasteiger partial charge in [-0.3, -0.25) is 4.79 Å². The van der Waals surface area contributed by atoms with E-state index in [1.807, 2.05) is 31.2 Å². The second kappa shape index (κ2) is 7.13. The third kappa shape index (κ3) is 3.03. The fourth-order valence-electron chi connectivity index (χ4n) is 3.92. The van der Waals surface area contributed by atoms with Crippen molar-refractivity contribution in [3.05, 3.63) is 64.4 Å². The molecule has 1 aliphatic rings. The maximum absolute atomic E-state index is 12.7. The topological polar surface area (TPSA) is 63.9 Å². The highest BCUT2D eigenvalue weighted by molar-refractivity contribution is 7.97. The van der Waals surface area contributed by atoms with Crippen LogP contribution in [0.5, 0.6) is 0 Å². The molecule has 3 N–H and O–H groups in total. The molecule has 1 saturated heterocycles. The van der Waals surface area contributed by atoms with Crippen molar-refractivity contribution in [2.75, 3.05) is 26.2 Å². The third-order valence-electron chi connectivity index (χ3n) is 5.34. The van der Waals surface area contributed by atoms with E-state index < -0.39 is 0 Å². The second-order valence-corrected chi connectivity index (χ2v) is 8.34. The normalized spacial score (nSPS) is 15.5. The summed E-state index contributed by atoms with van der Waals surface area (Å²) in [6, 6.07) is 16.6. The van der Waals surface area contributed by atoms with Gasteiger partial charge in [-0.25, -0.2) is 4.31 Å². The minimum absolute atomic E-state index is 0.0348. The summed E-state index contributed by atoms with van der Waals surface area (Å²) in [6.45, 7) is 6.01. The summed E-state index contributed by atoms with van der Waals surface area (Å²) in [5.41, 5.74) is 5.66. The first kappa shape index (κ1) is 17.6. The summed E-state index contributed by atoms with van der Waals surface area (Å²) < 4.78 is 2.39. The van der Waals surface area contributed by atoms with Gasteiger partial charge in [0.25, 0.3) is 5.56 Å². The van der Waals surface area contributed by atoms with Crippen LogP contribution in [0.1, 0.15) is 5.56 Å². The summed E-state index contributed by atoms with van der Waals surface area (Å²) in [6.07, 6.45) is 0. The minimum atomic E-state index is -0.0348. The van der Waals surface area contributed by atoms with Crippen molar-refractivity contribution in [1.82, 2.24) is 19.6 Å². The van der Waals surface area contributed by atoms with Crippen molar-refractivity contribution in [3.8, 4) is 11.1 Å². The molecule has 0 bridgehead atoms. The van der Waals surface area contributed by atoms with E-state index in [0.29, 0.717) is 0 Å². The number of H-pyrrole nitrogens is 2. The molecule has 0 radical (unpaired) electrons. The number of pyridine rings is 1. The number of nitrogens with one attached hydrogen (secondary N) is 3. The molecular weight excluding hydrogens is 368 g/mol. The second-order valence-electron chi connectivity index (χ2n) is 7.17. The Hall–Kier alpha value is -2.54. The highest BCUT2D eigenvalue weighted by Crippen LogP contribution is 2.35. The number of rotatable bonds is 3. The fraction of sp³-hybridized carbons (Fsp3) is 0.227. The van der Waals surface area contributed by atoms with Gasteiger partial charge in [0.05, 0.1) is 11.0 Å². The standard InChI is InChI=1S/C22H22N4OS/c1-14-19(15-5-4-6-16(13-15)28-26-11-9-23-10-12-26)21-20(25-22(14)27)17-7-2-3-8-18(17)24-21/h2-8,13,23-24H,9-12H2,1H3,(H,25,27). The zero-order valence-electron chi connectivity index (χ0n) is 15.7. The lowest BCUT2D eigenvalue weighted by Gasteiger charge is -2.26. The number of aromatic nitrogens is 2. The van der Waals surface area contributed by atoms with Crippen molar-refractivity contribution in [1.29, 1.82) is 0 Å². The molecular formula is C22H22N4OS. The van der Waals surface area contributed by atoms with E-state index in [4.69, 9.17) is 0 Å². The molecule has 1 aliphatic heterocycles. The third-order valence-corrected chi connectivity index (χ3v) is 6.43. The maximum atomic E-state index is 12.7. The van der Waals surface area contributed by atoms with Crippen LogP contribution in [0, 0.1) is 6.92 Å². The number of para-hydroxylation sites is 1. The van der Waals surface area contributed by atoms with Crippen molar-refractivity contribution in [2.24, 2.45) is 0 Å². The average molecular weight is 391 g/mol. The number of hydrogen-bond donors (Lipinski definition) is 3. The molecule has 5 nitrogen and oxygen atoms in total. The molecule has 0 amide bonds. The summed E-state index contributed by atoms with van der Waals surface area (Å²) >= 11 is 1.79. The molecule has 2 aromatic heterocycles. The largest absolute Gasteiger partial charge is 0.353 e. The number of aromatic amines is 2. The van der Waals surface area contributed by atoms with Gasteiger partial charge < -0.3 is 15.3 Å². The molecule has 2 aromatic carbocycles. The van der Waals surface area contributed by atoms with Crippen molar-refractivity contribution in [2.45, 2.75) is 11.8 Å². The number of hydrogen-bond acceptors (Lipinski definition) is 4. The Balaban J connectivity index is 1.65. The van der Waals surface area contributed by atoms with Gasteiger partial charge in [-0.05, 0) is 42.6 Å². The van der Waals surface area contributed by atoms with E-state index in [0.717, 1.165) is 64.8 Å². The summed E-state index contributed by atoms with van der Waals surface area (Å²) in [5, 5.41) is 4.43. The number of nitrogens with zero attached hydrogens (tertiary/aromatic N) is 1. The maximum Gasteiger partial charge on any atom is 0.252 e. The van der Waals surface area contributed by atoms with Gasteiger partial charge in [0.15, 0.2) is 0 Å². The summed E-state index contributed by atoms with van der Waals surface area (Å²) in [4.78, 5) is 20.5. The fourth-order valence-corrected chi connectivity index (χ4v) is 4.90. The summed E-state index contributed by atoms with van der Waals surface area (Å²) in [5.74, 6) is 0. The van der Waals surface area contributed by atoms with Crippen LogP contribution >= 0.6 is 11.9 Å². The van der Waals surface area contributed by atoms with Gasteiger partial charge in [0.1, 0.15) is 0 Å². The first-order valence-corrected chi connectivity index (χ1v) is 10.4. The monoisotopic (exact) mass is 390 g/mol. The molecule has 1 fully saturated rings. The lowest BCUT2D eigenvalue weighted by molar-refractivity contribution is 0.396. The van der Waals surface area contributed by atoms with E-state index in [9.17, 15) is 4.79 Å². The van der Waals surface area contributed by atoms with Crippen molar-refractivity contribution < 1.29 is 0 Å². The van der Waals surface area contributed by atoms with Gasteiger partial charge in [-0.15, -0.1) is 0 Å². The molecule has 6 heteroatoms. The van der Waals surface area contributed by atoms with Crippen LogP contribution in [0.15, 0.2) is 58.2 Å². The van der Waals surface area contributed by atoms with Crippen molar-refractivity contribution in [3.63, 3.8) is 0 Å². The van der Waals surface area contributed by atoms with Gasteiger partial charge in [0, 0.05) is 53.1 Å². The lowest BCUT2D eigenvalue weighted by atomic mass is 10.0. The molecule has 0 spiro atoms. The summed E-state index contributed by atoms with van der Waals surface area (Å²) in [7, 11) is 0. The Morgan fingerprint density at radius 2 is 1.79 bits per heavy atom. The molecule has 0 aliphatic carbocycles. The van der Waals surface area contributed by atoms with Crippen LogP contribution in [0.4, 0.5) is 0 Å².